The second kappa shape index (κ2) is 12.0. The average Bonchev–Trinajstić information content (AvgIpc) is 2.80. The Kier molecular flexibility index (Phi) is 9.16. The summed E-state index contributed by atoms with van der Waals surface area (Å²) in [6, 6.07) is 8.24. The maximum absolute atomic E-state index is 11.9. The molecule has 1 amide bonds. The number of carbonyl (C=O) groups is 1. The highest BCUT2D eigenvalue weighted by Gasteiger charge is 2.19. The lowest BCUT2D eigenvalue weighted by Gasteiger charge is -2.15. The van der Waals surface area contributed by atoms with Gasteiger partial charge in [-0.15, -0.1) is 10.2 Å². The number of amidine groups is 2. The summed E-state index contributed by atoms with van der Waals surface area (Å²) < 4.78 is 0. The van der Waals surface area contributed by atoms with Crippen molar-refractivity contribution in [2.24, 2.45) is 26.8 Å². The number of rotatable bonds is 10. The number of aliphatic hydroxyl groups excluding tert-OH is 3. The van der Waals surface area contributed by atoms with Gasteiger partial charge in [-0.1, -0.05) is 11.2 Å². The van der Waals surface area contributed by atoms with E-state index in [-0.39, 0.29) is 11.7 Å². The molecule has 2 aromatic rings. The number of amides is 1. The van der Waals surface area contributed by atoms with Gasteiger partial charge in [-0.25, -0.2) is 0 Å². The second-order valence-electron chi connectivity index (χ2n) is 6.42. The Morgan fingerprint density at radius 3 is 2.38 bits per heavy atom. The number of oxime groups is 1. The van der Waals surface area contributed by atoms with Gasteiger partial charge >= 0.3 is 0 Å². The van der Waals surface area contributed by atoms with E-state index in [4.69, 9.17) is 21.4 Å². The molecule has 0 bridgehead atoms. The zero-order valence-corrected chi connectivity index (χ0v) is 17.1. The quantitative estimate of drug-likeness (QED) is 0.143. The minimum Gasteiger partial charge on any atom is -0.391 e. The summed E-state index contributed by atoms with van der Waals surface area (Å²) in [5.41, 5.74) is 12.8. The SMILES string of the molecule is CC(O)C(O)C(O)/C=N/OCC(=O)Nc1ccc(/C(N)=N/N=C(\N)c2ccccn2)nc1. The molecule has 0 aromatic carbocycles. The maximum Gasteiger partial charge on any atom is 0.265 e. The first-order valence-corrected chi connectivity index (χ1v) is 9.32. The first-order chi connectivity index (χ1) is 15.3. The minimum atomic E-state index is -1.44. The van der Waals surface area contributed by atoms with Gasteiger partial charge in [-0.2, -0.15) is 0 Å². The highest BCUT2D eigenvalue weighted by Crippen LogP contribution is 2.06. The van der Waals surface area contributed by atoms with Crippen molar-refractivity contribution < 1.29 is 25.0 Å². The molecule has 0 aliphatic rings. The van der Waals surface area contributed by atoms with E-state index in [0.29, 0.717) is 17.1 Å². The number of aliphatic hydroxyl groups is 3. The molecule has 0 aliphatic heterocycles. The highest BCUT2D eigenvalue weighted by molar-refractivity contribution is 5.99. The first-order valence-electron chi connectivity index (χ1n) is 9.32. The van der Waals surface area contributed by atoms with Gasteiger partial charge in [0.25, 0.3) is 5.91 Å². The molecule has 0 spiro atoms. The zero-order valence-electron chi connectivity index (χ0n) is 17.1. The predicted octanol–water partition coefficient (Wildman–Crippen LogP) is -1.45. The molecule has 3 unspecified atom stereocenters. The molecule has 3 atom stereocenters. The lowest BCUT2D eigenvalue weighted by Crippen LogP contribution is -2.36. The van der Waals surface area contributed by atoms with Crippen LogP contribution in [-0.4, -0.2) is 74.0 Å². The molecule has 2 rings (SSSR count). The lowest BCUT2D eigenvalue weighted by atomic mass is 10.1. The molecule has 0 saturated heterocycles. The first kappa shape index (κ1) is 24.3. The number of pyridine rings is 2. The van der Waals surface area contributed by atoms with Crippen molar-refractivity contribution in [3.05, 3.63) is 54.1 Å². The number of aromatic nitrogens is 2. The van der Waals surface area contributed by atoms with Gasteiger partial charge in [0.1, 0.15) is 23.6 Å². The lowest BCUT2D eigenvalue weighted by molar-refractivity contribution is -0.120. The number of nitrogens with zero attached hydrogens (tertiary/aromatic N) is 5. The summed E-state index contributed by atoms with van der Waals surface area (Å²) in [5.74, 6) is -0.443. The summed E-state index contributed by atoms with van der Waals surface area (Å²) in [6.07, 6.45) is -0.221. The Morgan fingerprint density at radius 2 is 1.81 bits per heavy atom. The Bertz CT molecular complexity index is 963. The van der Waals surface area contributed by atoms with Crippen molar-refractivity contribution in [3.63, 3.8) is 0 Å². The van der Waals surface area contributed by atoms with E-state index >= 15 is 0 Å². The Labute approximate surface area is 183 Å². The number of carbonyl (C=O) groups excluding carboxylic acids is 1. The van der Waals surface area contributed by atoms with E-state index in [1.165, 1.54) is 19.2 Å². The van der Waals surface area contributed by atoms with Crippen LogP contribution in [0.15, 0.2) is 58.1 Å². The van der Waals surface area contributed by atoms with Crippen LogP contribution < -0.4 is 16.8 Å². The molecule has 170 valence electrons. The van der Waals surface area contributed by atoms with E-state index < -0.39 is 30.8 Å². The molecule has 2 aromatic heterocycles. The molecule has 0 saturated carbocycles. The monoisotopic (exact) mass is 444 g/mol. The standard InChI is InChI=1S/C19H24N8O5/c1-11(28)17(31)15(29)9-24-32-10-16(30)25-12-5-6-14(23-8-12)19(21)27-26-18(20)13-4-2-3-7-22-13/h2-9,11,15,17,28-29,31H,10H2,1H3,(H2,20,26)(H2,21,27)(H,25,30)/b24-9+. The summed E-state index contributed by atoms with van der Waals surface area (Å²) in [7, 11) is 0. The summed E-state index contributed by atoms with van der Waals surface area (Å²) in [4.78, 5) is 24.7. The van der Waals surface area contributed by atoms with Crippen LogP contribution in [0, 0.1) is 0 Å². The van der Waals surface area contributed by atoms with Crippen LogP contribution in [0.4, 0.5) is 5.69 Å². The third-order valence-electron chi connectivity index (χ3n) is 3.83. The van der Waals surface area contributed by atoms with E-state index in [9.17, 15) is 15.0 Å². The van der Waals surface area contributed by atoms with Crippen molar-refractivity contribution in [1.29, 1.82) is 0 Å². The number of hydrogen-bond acceptors (Lipinski definition) is 10. The Balaban J connectivity index is 1.86. The van der Waals surface area contributed by atoms with E-state index in [1.54, 1.807) is 30.5 Å². The normalized spacial score (nSPS) is 15.2. The average molecular weight is 444 g/mol. The third kappa shape index (κ3) is 7.71. The van der Waals surface area contributed by atoms with E-state index in [1.807, 2.05) is 0 Å². The topological polar surface area (TPSA) is 214 Å². The van der Waals surface area contributed by atoms with Crippen molar-refractivity contribution >= 4 is 29.5 Å². The van der Waals surface area contributed by atoms with Gasteiger partial charge in [-0.3, -0.25) is 14.8 Å². The van der Waals surface area contributed by atoms with Crippen molar-refractivity contribution in [2.75, 3.05) is 11.9 Å². The Morgan fingerprint density at radius 1 is 1.12 bits per heavy atom. The van der Waals surface area contributed by atoms with E-state index in [2.05, 4.69) is 30.6 Å². The van der Waals surface area contributed by atoms with Crippen LogP contribution in [-0.2, 0) is 9.63 Å². The van der Waals surface area contributed by atoms with Crippen LogP contribution >= 0.6 is 0 Å². The van der Waals surface area contributed by atoms with Crippen LogP contribution in [0.1, 0.15) is 18.3 Å². The summed E-state index contributed by atoms with van der Waals surface area (Å²) >= 11 is 0. The maximum atomic E-state index is 11.9. The summed E-state index contributed by atoms with van der Waals surface area (Å²) in [5, 5.41) is 41.6. The van der Waals surface area contributed by atoms with Crippen molar-refractivity contribution in [1.82, 2.24) is 9.97 Å². The fourth-order valence-electron chi connectivity index (χ4n) is 2.12. The molecular weight excluding hydrogens is 420 g/mol. The fourth-order valence-corrected chi connectivity index (χ4v) is 2.12. The molecule has 13 nitrogen and oxygen atoms in total. The van der Waals surface area contributed by atoms with Gasteiger partial charge in [0, 0.05) is 6.20 Å². The van der Waals surface area contributed by atoms with Gasteiger partial charge < -0.3 is 36.9 Å². The number of nitrogens with two attached hydrogens (primary N) is 2. The molecule has 0 fully saturated rings. The van der Waals surface area contributed by atoms with Crippen LogP contribution in [0.3, 0.4) is 0 Å². The fraction of sp³-hybridized carbons (Fsp3) is 0.263. The molecule has 13 heteroatoms. The molecule has 0 radical (unpaired) electrons. The van der Waals surface area contributed by atoms with Gasteiger partial charge in [-0.05, 0) is 31.2 Å². The zero-order chi connectivity index (χ0) is 23.5. The largest absolute Gasteiger partial charge is 0.391 e. The molecule has 32 heavy (non-hydrogen) atoms. The van der Waals surface area contributed by atoms with Gasteiger partial charge in [0.05, 0.1) is 24.2 Å². The van der Waals surface area contributed by atoms with Crippen molar-refractivity contribution in [2.45, 2.75) is 25.2 Å². The molecule has 0 aliphatic carbocycles. The third-order valence-corrected chi connectivity index (χ3v) is 3.83. The highest BCUT2D eigenvalue weighted by atomic mass is 16.6. The molecule has 2 heterocycles. The Hall–Kier alpha value is -3.94. The van der Waals surface area contributed by atoms with Crippen LogP contribution in [0.5, 0.6) is 0 Å². The van der Waals surface area contributed by atoms with E-state index in [0.717, 1.165) is 6.21 Å². The van der Waals surface area contributed by atoms with Gasteiger partial charge in [0.15, 0.2) is 18.3 Å². The summed E-state index contributed by atoms with van der Waals surface area (Å²) in [6.45, 7) is 0.848. The number of nitrogens with one attached hydrogen (secondary N) is 1. The second-order valence-corrected chi connectivity index (χ2v) is 6.42. The molecule has 8 N–H and O–H groups in total. The predicted molar refractivity (Wildman–Crippen MR) is 117 cm³/mol. The van der Waals surface area contributed by atoms with Gasteiger partial charge in [0.2, 0.25) is 0 Å². The van der Waals surface area contributed by atoms with Crippen LogP contribution in [0.25, 0.3) is 0 Å². The number of hydrogen-bond donors (Lipinski definition) is 6. The smallest absolute Gasteiger partial charge is 0.265 e. The van der Waals surface area contributed by atoms with Crippen molar-refractivity contribution in [3.8, 4) is 0 Å². The number of anilines is 1. The molecular formula is C19H24N8O5. The van der Waals surface area contributed by atoms with Crippen LogP contribution in [0.2, 0.25) is 0 Å². The minimum absolute atomic E-state index is 0.0115.